The first kappa shape index (κ1) is 13.2. The van der Waals surface area contributed by atoms with Crippen molar-refractivity contribution in [2.75, 3.05) is 18.1 Å². The van der Waals surface area contributed by atoms with Crippen LogP contribution >= 0.6 is 11.8 Å². The van der Waals surface area contributed by atoms with E-state index in [-0.39, 0.29) is 12.2 Å². The fraction of sp³-hybridized carbons (Fsp3) is 0.923. The van der Waals surface area contributed by atoms with Crippen LogP contribution in [0.3, 0.4) is 0 Å². The topological polar surface area (TPSA) is 32.3 Å². The molecule has 0 aromatic heterocycles. The molecule has 0 aliphatic carbocycles. The Morgan fingerprint density at radius 1 is 1.53 bits per heavy atom. The number of hydrogen-bond acceptors (Lipinski definition) is 3. The Balaban J connectivity index is 1.96. The van der Waals surface area contributed by atoms with Gasteiger partial charge in [0.1, 0.15) is 0 Å². The van der Waals surface area contributed by atoms with Gasteiger partial charge < -0.3 is 4.90 Å². The molecule has 4 heteroatoms. The minimum absolute atomic E-state index is 0.00723. The van der Waals surface area contributed by atoms with E-state index >= 15 is 0 Å². The molecular weight excluding hydrogens is 232 g/mol. The fourth-order valence-corrected chi connectivity index (χ4v) is 3.99. The molecule has 0 bridgehead atoms. The molecule has 0 radical (unpaired) electrons. The van der Waals surface area contributed by atoms with Gasteiger partial charge in [0.05, 0.1) is 12.2 Å². The fourth-order valence-electron chi connectivity index (χ4n) is 2.72. The minimum Gasteiger partial charge on any atom is -0.325 e. The molecule has 0 spiro atoms. The van der Waals surface area contributed by atoms with Crippen LogP contribution in [0.2, 0.25) is 0 Å². The van der Waals surface area contributed by atoms with Gasteiger partial charge in [0.2, 0.25) is 5.91 Å². The normalized spacial score (nSPS) is 34.0. The summed E-state index contributed by atoms with van der Waals surface area (Å²) >= 11 is 2.02. The van der Waals surface area contributed by atoms with Crippen molar-refractivity contribution in [2.45, 2.75) is 45.8 Å². The Morgan fingerprint density at radius 2 is 2.29 bits per heavy atom. The maximum Gasteiger partial charge on any atom is 0.240 e. The quantitative estimate of drug-likeness (QED) is 0.834. The second kappa shape index (κ2) is 5.61. The molecular formula is C13H24N2OS. The van der Waals surface area contributed by atoms with E-state index in [0.29, 0.717) is 17.7 Å². The van der Waals surface area contributed by atoms with Crippen LogP contribution < -0.4 is 5.32 Å². The van der Waals surface area contributed by atoms with Gasteiger partial charge >= 0.3 is 0 Å². The zero-order valence-corrected chi connectivity index (χ0v) is 11.9. The van der Waals surface area contributed by atoms with E-state index in [1.165, 1.54) is 17.9 Å². The molecule has 2 heterocycles. The second-order valence-corrected chi connectivity index (χ2v) is 6.90. The molecule has 2 aliphatic rings. The highest BCUT2D eigenvalue weighted by atomic mass is 32.2. The number of hydrogen-bond donors (Lipinski definition) is 1. The van der Waals surface area contributed by atoms with Crippen LogP contribution in [0.15, 0.2) is 0 Å². The Labute approximate surface area is 109 Å². The molecule has 17 heavy (non-hydrogen) atoms. The monoisotopic (exact) mass is 256 g/mol. The van der Waals surface area contributed by atoms with Crippen molar-refractivity contribution < 1.29 is 4.79 Å². The number of thioether (sulfide) groups is 1. The number of carbonyl (C=O) groups is 1. The van der Waals surface area contributed by atoms with Gasteiger partial charge in [0, 0.05) is 6.54 Å². The Bertz CT molecular complexity index is 277. The van der Waals surface area contributed by atoms with Crippen molar-refractivity contribution in [1.29, 1.82) is 0 Å². The van der Waals surface area contributed by atoms with E-state index in [0.717, 1.165) is 13.0 Å². The summed E-state index contributed by atoms with van der Waals surface area (Å²) in [5.74, 6) is 4.14. The van der Waals surface area contributed by atoms with E-state index in [9.17, 15) is 4.79 Å². The van der Waals surface area contributed by atoms with Gasteiger partial charge in [-0.05, 0) is 43.1 Å². The van der Waals surface area contributed by atoms with E-state index in [4.69, 9.17) is 0 Å². The lowest BCUT2D eigenvalue weighted by Crippen LogP contribution is -2.41. The van der Waals surface area contributed by atoms with Crippen molar-refractivity contribution in [1.82, 2.24) is 10.2 Å². The third kappa shape index (κ3) is 3.16. The average molecular weight is 256 g/mol. The Hall–Kier alpha value is -0.220. The molecule has 1 amide bonds. The van der Waals surface area contributed by atoms with Gasteiger partial charge in [-0.2, -0.15) is 11.8 Å². The van der Waals surface area contributed by atoms with Crippen LogP contribution in [0.5, 0.6) is 0 Å². The van der Waals surface area contributed by atoms with Crippen molar-refractivity contribution in [3.63, 3.8) is 0 Å². The number of carbonyl (C=O) groups excluding carboxylic acids is 1. The van der Waals surface area contributed by atoms with Gasteiger partial charge in [-0.15, -0.1) is 0 Å². The molecule has 2 saturated heterocycles. The van der Waals surface area contributed by atoms with Crippen LogP contribution in [0.4, 0.5) is 0 Å². The van der Waals surface area contributed by atoms with Crippen LogP contribution in [0.1, 0.15) is 33.6 Å². The Kier molecular flexibility index (Phi) is 4.36. The lowest BCUT2D eigenvalue weighted by molar-refractivity contribution is -0.130. The molecule has 2 fully saturated rings. The van der Waals surface area contributed by atoms with Gasteiger partial charge in [0.15, 0.2) is 0 Å². The highest BCUT2D eigenvalue weighted by Crippen LogP contribution is 2.27. The summed E-state index contributed by atoms with van der Waals surface area (Å²) in [5.41, 5.74) is 0. The summed E-state index contributed by atoms with van der Waals surface area (Å²) in [7, 11) is 0. The minimum atomic E-state index is 0.00723. The molecule has 3 atom stereocenters. The first-order valence-electron chi connectivity index (χ1n) is 6.72. The first-order chi connectivity index (χ1) is 8.08. The van der Waals surface area contributed by atoms with Gasteiger partial charge in [0.25, 0.3) is 0 Å². The molecule has 0 aromatic rings. The van der Waals surface area contributed by atoms with Crippen LogP contribution in [0.25, 0.3) is 0 Å². The van der Waals surface area contributed by atoms with Crippen LogP contribution in [0, 0.1) is 11.8 Å². The van der Waals surface area contributed by atoms with Gasteiger partial charge in [-0.25, -0.2) is 0 Å². The molecule has 98 valence electrons. The summed E-state index contributed by atoms with van der Waals surface area (Å²) in [5, 5.41) is 3.43. The largest absolute Gasteiger partial charge is 0.325 e. The molecule has 2 aliphatic heterocycles. The molecule has 1 N–H and O–H groups in total. The highest BCUT2D eigenvalue weighted by molar-refractivity contribution is 7.99. The van der Waals surface area contributed by atoms with Crippen molar-refractivity contribution in [3.05, 3.63) is 0 Å². The SMILES string of the molecule is CC(C)CC1NC(C)C(=O)N1CC1CCSC1. The average Bonchev–Trinajstić information content (AvgIpc) is 2.83. The molecule has 3 nitrogen and oxygen atoms in total. The second-order valence-electron chi connectivity index (χ2n) is 5.75. The first-order valence-corrected chi connectivity index (χ1v) is 7.87. The van der Waals surface area contributed by atoms with Crippen molar-refractivity contribution in [3.8, 4) is 0 Å². The Morgan fingerprint density at radius 3 is 2.88 bits per heavy atom. The third-order valence-electron chi connectivity index (χ3n) is 3.65. The van der Waals surface area contributed by atoms with E-state index in [1.54, 1.807) is 0 Å². The molecule has 0 aromatic carbocycles. The van der Waals surface area contributed by atoms with Crippen molar-refractivity contribution >= 4 is 17.7 Å². The van der Waals surface area contributed by atoms with E-state index in [2.05, 4.69) is 24.1 Å². The lowest BCUT2D eigenvalue weighted by Gasteiger charge is -2.27. The standard InChI is InChI=1S/C13H24N2OS/c1-9(2)6-12-14-10(3)13(16)15(12)7-11-4-5-17-8-11/h9-12,14H,4-8H2,1-3H3. The summed E-state index contributed by atoms with van der Waals surface area (Å²) in [6, 6.07) is 0.00723. The number of amides is 1. The van der Waals surface area contributed by atoms with Crippen LogP contribution in [-0.2, 0) is 4.79 Å². The number of nitrogens with one attached hydrogen (secondary N) is 1. The van der Waals surface area contributed by atoms with Gasteiger partial charge in [-0.1, -0.05) is 13.8 Å². The summed E-state index contributed by atoms with van der Waals surface area (Å²) in [6.07, 6.45) is 2.61. The zero-order chi connectivity index (χ0) is 12.4. The van der Waals surface area contributed by atoms with E-state index in [1.807, 2.05) is 18.7 Å². The third-order valence-corrected chi connectivity index (χ3v) is 4.88. The maximum absolute atomic E-state index is 12.1. The smallest absolute Gasteiger partial charge is 0.240 e. The maximum atomic E-state index is 12.1. The predicted octanol–water partition coefficient (Wildman–Crippen LogP) is 1.93. The van der Waals surface area contributed by atoms with Gasteiger partial charge in [-0.3, -0.25) is 10.1 Å². The van der Waals surface area contributed by atoms with E-state index < -0.39 is 0 Å². The van der Waals surface area contributed by atoms with Crippen molar-refractivity contribution in [2.24, 2.45) is 11.8 Å². The number of rotatable bonds is 4. The summed E-state index contributed by atoms with van der Waals surface area (Å²) in [4.78, 5) is 14.2. The summed E-state index contributed by atoms with van der Waals surface area (Å²) in [6.45, 7) is 7.39. The van der Waals surface area contributed by atoms with Crippen LogP contribution in [-0.4, -0.2) is 41.1 Å². The highest BCUT2D eigenvalue weighted by Gasteiger charge is 2.37. The zero-order valence-electron chi connectivity index (χ0n) is 11.1. The lowest BCUT2D eigenvalue weighted by atomic mass is 10.1. The molecule has 0 saturated carbocycles. The predicted molar refractivity (Wildman–Crippen MR) is 73.0 cm³/mol. The molecule has 3 unspecified atom stereocenters. The molecule has 2 rings (SSSR count). The number of nitrogens with zero attached hydrogens (tertiary/aromatic N) is 1. The summed E-state index contributed by atoms with van der Waals surface area (Å²) < 4.78 is 0.